The quantitative estimate of drug-likeness (QED) is 0.666. The lowest BCUT2D eigenvalue weighted by Gasteiger charge is -2.10. The van der Waals surface area contributed by atoms with Crippen molar-refractivity contribution in [3.05, 3.63) is 42.5 Å². The number of anilines is 3. The maximum absolute atomic E-state index is 12.4. The fraction of sp³-hybridized carbons (Fsp3) is 0.286. The predicted molar refractivity (Wildman–Crippen MR) is 109 cm³/mol. The van der Waals surface area contributed by atoms with Gasteiger partial charge >= 0.3 is 0 Å². The van der Waals surface area contributed by atoms with Crippen LogP contribution >= 0.6 is 0 Å². The Morgan fingerprint density at radius 3 is 1.76 bits per heavy atom. The van der Waals surface area contributed by atoms with Crippen LogP contribution in [0.2, 0.25) is 0 Å². The molecule has 0 radical (unpaired) electrons. The first-order valence-corrected chi connectivity index (χ1v) is 9.12. The number of hydrogen-bond acceptors (Lipinski definition) is 5. The molecule has 2 aromatic carbocycles. The smallest absolute Gasteiger partial charge is 0.228 e. The summed E-state index contributed by atoms with van der Waals surface area (Å²) in [4.78, 5) is 35.9. The van der Waals surface area contributed by atoms with E-state index < -0.39 is 0 Å². The minimum atomic E-state index is -0.373. The normalized spacial score (nSPS) is 17.1. The SMILES string of the molecule is COc1ccc(NC(=O)C2CC2C(=O)Nc2ccc(NC(C)=O)cc2)cc1OC. The lowest BCUT2D eigenvalue weighted by molar-refractivity contribution is -0.122. The van der Waals surface area contributed by atoms with E-state index >= 15 is 0 Å². The van der Waals surface area contributed by atoms with E-state index in [9.17, 15) is 14.4 Å². The highest BCUT2D eigenvalue weighted by atomic mass is 16.5. The average molecular weight is 397 g/mol. The van der Waals surface area contributed by atoms with Gasteiger partial charge in [-0.1, -0.05) is 0 Å². The van der Waals surface area contributed by atoms with E-state index in [1.165, 1.54) is 21.1 Å². The number of amides is 3. The van der Waals surface area contributed by atoms with Gasteiger partial charge in [-0.05, 0) is 42.8 Å². The molecule has 1 saturated carbocycles. The summed E-state index contributed by atoms with van der Waals surface area (Å²) in [5.74, 6) is -0.241. The van der Waals surface area contributed by atoms with Crippen molar-refractivity contribution >= 4 is 34.8 Å². The Bertz CT molecular complexity index is 926. The Balaban J connectivity index is 1.54. The standard InChI is InChI=1S/C21H23N3O5/c1-12(25)22-13-4-6-14(7-5-13)23-20(26)16-11-17(16)21(27)24-15-8-9-18(28-2)19(10-15)29-3/h4-10,16-17H,11H2,1-3H3,(H,22,25)(H,23,26)(H,24,27). The lowest BCUT2D eigenvalue weighted by Crippen LogP contribution is -2.20. The Kier molecular flexibility index (Phi) is 6.01. The van der Waals surface area contributed by atoms with E-state index in [0.29, 0.717) is 35.0 Å². The first-order valence-electron chi connectivity index (χ1n) is 9.12. The zero-order chi connectivity index (χ0) is 21.0. The second kappa shape index (κ2) is 8.64. The molecule has 8 nitrogen and oxygen atoms in total. The average Bonchev–Trinajstić information content (AvgIpc) is 3.50. The number of carbonyl (C=O) groups excluding carboxylic acids is 3. The number of carbonyl (C=O) groups is 3. The minimum Gasteiger partial charge on any atom is -0.493 e. The van der Waals surface area contributed by atoms with E-state index in [4.69, 9.17) is 9.47 Å². The molecule has 2 aromatic rings. The van der Waals surface area contributed by atoms with Crippen LogP contribution in [0, 0.1) is 11.8 Å². The molecule has 1 aliphatic carbocycles. The number of ether oxygens (including phenoxy) is 2. The highest BCUT2D eigenvalue weighted by Gasteiger charge is 2.48. The first-order chi connectivity index (χ1) is 13.9. The molecular formula is C21H23N3O5. The van der Waals surface area contributed by atoms with Crippen molar-refractivity contribution in [1.82, 2.24) is 0 Å². The summed E-state index contributed by atoms with van der Waals surface area (Å²) in [6, 6.07) is 11.9. The summed E-state index contributed by atoms with van der Waals surface area (Å²) >= 11 is 0. The molecule has 2 unspecified atom stereocenters. The van der Waals surface area contributed by atoms with Crippen LogP contribution in [-0.4, -0.2) is 31.9 Å². The maximum atomic E-state index is 12.4. The molecule has 3 amide bonds. The summed E-state index contributed by atoms with van der Waals surface area (Å²) in [5, 5.41) is 8.27. The van der Waals surface area contributed by atoms with E-state index in [2.05, 4.69) is 16.0 Å². The Morgan fingerprint density at radius 2 is 1.24 bits per heavy atom. The molecule has 0 aromatic heterocycles. The highest BCUT2D eigenvalue weighted by molar-refractivity contribution is 6.03. The molecule has 8 heteroatoms. The molecule has 152 valence electrons. The summed E-state index contributed by atoms with van der Waals surface area (Å²) in [7, 11) is 3.06. The van der Waals surface area contributed by atoms with Crippen molar-refractivity contribution in [1.29, 1.82) is 0 Å². The van der Waals surface area contributed by atoms with Gasteiger partial charge in [0.15, 0.2) is 11.5 Å². The van der Waals surface area contributed by atoms with Crippen LogP contribution < -0.4 is 25.4 Å². The molecule has 0 heterocycles. The molecule has 3 rings (SSSR count). The van der Waals surface area contributed by atoms with Crippen LogP contribution in [0.4, 0.5) is 17.1 Å². The number of hydrogen-bond donors (Lipinski definition) is 3. The molecule has 0 spiro atoms. The Hall–Kier alpha value is -3.55. The van der Waals surface area contributed by atoms with E-state index in [0.717, 1.165) is 0 Å². The third-order valence-corrected chi connectivity index (χ3v) is 4.59. The highest BCUT2D eigenvalue weighted by Crippen LogP contribution is 2.40. The monoisotopic (exact) mass is 397 g/mol. The Morgan fingerprint density at radius 1 is 0.759 bits per heavy atom. The van der Waals surface area contributed by atoms with Gasteiger partial charge in [0, 0.05) is 30.1 Å². The minimum absolute atomic E-state index is 0.164. The number of methoxy groups -OCH3 is 2. The predicted octanol–water partition coefficient (Wildman–Crippen LogP) is 2.88. The lowest BCUT2D eigenvalue weighted by atomic mass is 10.2. The van der Waals surface area contributed by atoms with Gasteiger partial charge in [-0.25, -0.2) is 0 Å². The van der Waals surface area contributed by atoms with Crippen LogP contribution in [0.25, 0.3) is 0 Å². The van der Waals surface area contributed by atoms with Gasteiger partial charge in [0.2, 0.25) is 17.7 Å². The van der Waals surface area contributed by atoms with Crippen molar-refractivity contribution < 1.29 is 23.9 Å². The summed E-state index contributed by atoms with van der Waals surface area (Å²) in [5.41, 5.74) is 1.83. The summed E-state index contributed by atoms with van der Waals surface area (Å²) in [6.45, 7) is 1.43. The van der Waals surface area contributed by atoms with Gasteiger partial charge in [0.05, 0.1) is 26.1 Å². The molecule has 29 heavy (non-hydrogen) atoms. The van der Waals surface area contributed by atoms with Crippen molar-refractivity contribution in [2.45, 2.75) is 13.3 Å². The van der Waals surface area contributed by atoms with Crippen molar-refractivity contribution in [2.75, 3.05) is 30.2 Å². The summed E-state index contributed by atoms with van der Waals surface area (Å²) < 4.78 is 10.4. The molecule has 3 N–H and O–H groups in total. The van der Waals surface area contributed by atoms with E-state index in [1.807, 2.05) is 0 Å². The Labute approximate surface area is 168 Å². The third-order valence-electron chi connectivity index (χ3n) is 4.59. The van der Waals surface area contributed by atoms with Gasteiger partial charge in [-0.2, -0.15) is 0 Å². The van der Waals surface area contributed by atoms with Gasteiger partial charge < -0.3 is 25.4 Å². The van der Waals surface area contributed by atoms with Gasteiger partial charge in [0.1, 0.15) is 0 Å². The third kappa shape index (κ3) is 5.04. The second-order valence-corrected chi connectivity index (χ2v) is 6.76. The van der Waals surface area contributed by atoms with Crippen LogP contribution in [0.3, 0.4) is 0 Å². The molecule has 0 bridgehead atoms. The van der Waals surface area contributed by atoms with Gasteiger partial charge in [-0.15, -0.1) is 0 Å². The van der Waals surface area contributed by atoms with Crippen molar-refractivity contribution in [2.24, 2.45) is 11.8 Å². The molecular weight excluding hydrogens is 374 g/mol. The molecule has 0 saturated heterocycles. The van der Waals surface area contributed by atoms with Crippen LogP contribution in [-0.2, 0) is 14.4 Å². The van der Waals surface area contributed by atoms with Crippen LogP contribution in [0.1, 0.15) is 13.3 Å². The second-order valence-electron chi connectivity index (χ2n) is 6.76. The van der Waals surface area contributed by atoms with Crippen molar-refractivity contribution in [3.8, 4) is 11.5 Å². The molecule has 0 aliphatic heterocycles. The summed E-state index contributed by atoms with van der Waals surface area (Å²) in [6.07, 6.45) is 0.495. The van der Waals surface area contributed by atoms with E-state index in [-0.39, 0.29) is 29.6 Å². The molecule has 2 atom stereocenters. The topological polar surface area (TPSA) is 106 Å². The van der Waals surface area contributed by atoms with Crippen LogP contribution in [0.5, 0.6) is 11.5 Å². The zero-order valence-corrected chi connectivity index (χ0v) is 16.4. The van der Waals surface area contributed by atoms with E-state index in [1.54, 1.807) is 42.5 Å². The zero-order valence-electron chi connectivity index (χ0n) is 16.4. The van der Waals surface area contributed by atoms with Crippen LogP contribution in [0.15, 0.2) is 42.5 Å². The van der Waals surface area contributed by atoms with Crippen molar-refractivity contribution in [3.63, 3.8) is 0 Å². The number of nitrogens with one attached hydrogen (secondary N) is 3. The largest absolute Gasteiger partial charge is 0.493 e. The first kappa shape index (κ1) is 20.2. The van der Waals surface area contributed by atoms with Gasteiger partial charge in [0.25, 0.3) is 0 Å². The molecule has 1 aliphatic rings. The number of benzene rings is 2. The molecule has 1 fully saturated rings. The fourth-order valence-corrected chi connectivity index (χ4v) is 3.00. The van der Waals surface area contributed by atoms with Gasteiger partial charge in [-0.3, -0.25) is 14.4 Å². The number of rotatable bonds is 7. The fourth-order valence-electron chi connectivity index (χ4n) is 3.00. The maximum Gasteiger partial charge on any atom is 0.228 e.